The lowest BCUT2D eigenvalue weighted by atomic mass is 10.1. The number of para-hydroxylation sites is 1. The third kappa shape index (κ3) is 5.41. The molecule has 0 fully saturated rings. The van der Waals surface area contributed by atoms with Gasteiger partial charge in [-0.15, -0.1) is 0 Å². The van der Waals surface area contributed by atoms with Crippen LogP contribution in [0.5, 0.6) is 0 Å². The van der Waals surface area contributed by atoms with Crippen molar-refractivity contribution in [1.29, 1.82) is 0 Å². The maximum Gasteiger partial charge on any atom is 0.240 e. The van der Waals surface area contributed by atoms with Gasteiger partial charge in [0, 0.05) is 19.3 Å². The summed E-state index contributed by atoms with van der Waals surface area (Å²) in [5.41, 5.74) is 0.0912. The van der Waals surface area contributed by atoms with E-state index in [0.717, 1.165) is 12.2 Å². The van der Waals surface area contributed by atoms with Crippen molar-refractivity contribution in [3.05, 3.63) is 30.3 Å². The van der Waals surface area contributed by atoms with Crippen molar-refractivity contribution in [2.24, 2.45) is 0 Å². The summed E-state index contributed by atoms with van der Waals surface area (Å²) in [5, 5.41) is 9.82. The molecule has 0 saturated heterocycles. The lowest BCUT2D eigenvalue weighted by Crippen LogP contribution is -2.44. The monoisotopic (exact) mass is 264 g/mol. The third-order valence-electron chi connectivity index (χ3n) is 2.93. The minimum Gasteiger partial charge on any atom is -0.389 e. The maximum absolute atomic E-state index is 12.2. The fourth-order valence-corrected chi connectivity index (χ4v) is 1.92. The molecule has 19 heavy (non-hydrogen) atoms. The molecule has 106 valence electrons. The summed E-state index contributed by atoms with van der Waals surface area (Å²) in [6, 6.07) is 9.56. The Labute approximate surface area is 115 Å². The average molecular weight is 264 g/mol. The summed E-state index contributed by atoms with van der Waals surface area (Å²) >= 11 is 0. The van der Waals surface area contributed by atoms with Crippen molar-refractivity contribution in [2.75, 3.05) is 31.6 Å². The molecule has 4 nitrogen and oxygen atoms in total. The Morgan fingerprint density at radius 3 is 2.32 bits per heavy atom. The average Bonchev–Trinajstić information content (AvgIpc) is 2.36. The van der Waals surface area contributed by atoms with Crippen LogP contribution in [0.1, 0.15) is 20.8 Å². The Hall–Kier alpha value is -1.39. The van der Waals surface area contributed by atoms with Crippen LogP contribution in [0.3, 0.4) is 0 Å². The second-order valence-electron chi connectivity index (χ2n) is 5.40. The molecule has 0 unspecified atom stereocenters. The molecule has 1 amide bonds. The Morgan fingerprint density at radius 1 is 1.26 bits per heavy atom. The summed E-state index contributed by atoms with van der Waals surface area (Å²) in [6.07, 6.45) is 0. The number of nitrogens with zero attached hydrogens (tertiary/aromatic N) is 2. The normalized spacial score (nSPS) is 11.7. The fourth-order valence-electron chi connectivity index (χ4n) is 1.92. The van der Waals surface area contributed by atoms with E-state index in [1.54, 1.807) is 25.8 Å². The van der Waals surface area contributed by atoms with Gasteiger partial charge in [0.2, 0.25) is 5.91 Å². The second-order valence-corrected chi connectivity index (χ2v) is 5.40. The summed E-state index contributed by atoms with van der Waals surface area (Å²) < 4.78 is 0. The number of likely N-dealkylation sites (N-methyl/N-ethyl adjacent to an activating group) is 2. The smallest absolute Gasteiger partial charge is 0.240 e. The van der Waals surface area contributed by atoms with Gasteiger partial charge in [0.15, 0.2) is 0 Å². The molecule has 0 spiro atoms. The van der Waals surface area contributed by atoms with Crippen LogP contribution in [0.2, 0.25) is 0 Å². The molecule has 0 heterocycles. The minimum absolute atomic E-state index is 0.0253. The van der Waals surface area contributed by atoms with Gasteiger partial charge in [-0.3, -0.25) is 9.69 Å². The molecule has 1 aromatic rings. The van der Waals surface area contributed by atoms with Crippen molar-refractivity contribution >= 4 is 11.6 Å². The Balaban J connectivity index is 2.63. The van der Waals surface area contributed by atoms with Crippen molar-refractivity contribution < 1.29 is 9.90 Å². The van der Waals surface area contributed by atoms with Crippen LogP contribution in [0, 0.1) is 0 Å². The zero-order chi connectivity index (χ0) is 14.5. The molecule has 4 heteroatoms. The fraction of sp³-hybridized carbons (Fsp3) is 0.533. The van der Waals surface area contributed by atoms with Crippen LogP contribution < -0.4 is 4.90 Å². The number of aliphatic hydroxyl groups is 1. The lowest BCUT2D eigenvalue weighted by molar-refractivity contribution is -0.120. The van der Waals surface area contributed by atoms with E-state index >= 15 is 0 Å². The molecule has 0 bridgehead atoms. The number of carbonyl (C=O) groups is 1. The topological polar surface area (TPSA) is 43.8 Å². The van der Waals surface area contributed by atoms with E-state index in [9.17, 15) is 9.90 Å². The van der Waals surface area contributed by atoms with Gasteiger partial charge in [-0.25, -0.2) is 0 Å². The van der Waals surface area contributed by atoms with Crippen LogP contribution >= 0.6 is 0 Å². The van der Waals surface area contributed by atoms with Crippen molar-refractivity contribution in [2.45, 2.75) is 26.4 Å². The number of hydrogen-bond donors (Lipinski definition) is 1. The van der Waals surface area contributed by atoms with Gasteiger partial charge < -0.3 is 10.0 Å². The van der Waals surface area contributed by atoms with Crippen molar-refractivity contribution in [3.63, 3.8) is 0 Å². The number of carbonyl (C=O) groups excluding carboxylic acids is 1. The standard InChI is InChI=1S/C15H24N2O2/c1-5-17(12-15(2,3)19)11-14(18)16(4)13-9-7-6-8-10-13/h6-10,19H,5,11-12H2,1-4H3. The molecule has 1 rings (SSSR count). The molecule has 1 N–H and O–H groups in total. The summed E-state index contributed by atoms with van der Waals surface area (Å²) in [4.78, 5) is 15.8. The molecule has 0 aromatic heterocycles. The zero-order valence-electron chi connectivity index (χ0n) is 12.3. The van der Waals surface area contributed by atoms with Crippen LogP contribution in [0.4, 0.5) is 5.69 Å². The number of amides is 1. The number of anilines is 1. The van der Waals surface area contributed by atoms with Crippen LogP contribution in [0.15, 0.2) is 30.3 Å². The molecule has 0 atom stereocenters. The molecule has 0 aliphatic rings. The highest BCUT2D eigenvalue weighted by Gasteiger charge is 2.20. The summed E-state index contributed by atoms with van der Waals surface area (Å²) in [6.45, 7) is 7.02. The van der Waals surface area contributed by atoms with E-state index in [4.69, 9.17) is 0 Å². The highest BCUT2D eigenvalue weighted by atomic mass is 16.3. The largest absolute Gasteiger partial charge is 0.389 e. The highest BCUT2D eigenvalue weighted by Crippen LogP contribution is 2.12. The van der Waals surface area contributed by atoms with Crippen molar-refractivity contribution in [1.82, 2.24) is 4.90 Å². The van der Waals surface area contributed by atoms with E-state index in [0.29, 0.717) is 13.1 Å². The molecular weight excluding hydrogens is 240 g/mol. The Kier molecular flexibility index (Phi) is 5.51. The molecular formula is C15H24N2O2. The van der Waals surface area contributed by atoms with Gasteiger partial charge in [-0.05, 0) is 32.5 Å². The summed E-state index contributed by atoms with van der Waals surface area (Å²) in [7, 11) is 1.77. The highest BCUT2D eigenvalue weighted by molar-refractivity contribution is 5.94. The van der Waals surface area contributed by atoms with Gasteiger partial charge >= 0.3 is 0 Å². The zero-order valence-corrected chi connectivity index (χ0v) is 12.3. The molecule has 1 aromatic carbocycles. The van der Waals surface area contributed by atoms with Gasteiger partial charge in [0.1, 0.15) is 0 Å². The second kappa shape index (κ2) is 6.68. The predicted molar refractivity (Wildman–Crippen MR) is 78.3 cm³/mol. The first kappa shape index (κ1) is 15.7. The van der Waals surface area contributed by atoms with Gasteiger partial charge in [0.05, 0.1) is 12.1 Å². The maximum atomic E-state index is 12.2. The summed E-state index contributed by atoms with van der Waals surface area (Å²) in [5.74, 6) is 0.0253. The molecule has 0 saturated carbocycles. The van der Waals surface area contributed by atoms with Gasteiger partial charge in [-0.2, -0.15) is 0 Å². The Morgan fingerprint density at radius 2 is 1.84 bits per heavy atom. The number of benzene rings is 1. The first-order valence-corrected chi connectivity index (χ1v) is 6.60. The number of hydrogen-bond acceptors (Lipinski definition) is 3. The lowest BCUT2D eigenvalue weighted by Gasteiger charge is -2.29. The molecule has 0 aliphatic carbocycles. The van der Waals surface area contributed by atoms with E-state index < -0.39 is 5.60 Å². The third-order valence-corrected chi connectivity index (χ3v) is 2.93. The van der Waals surface area contributed by atoms with E-state index in [2.05, 4.69) is 0 Å². The molecule has 0 aliphatic heterocycles. The van der Waals surface area contributed by atoms with Gasteiger partial charge in [-0.1, -0.05) is 25.1 Å². The van der Waals surface area contributed by atoms with Crippen LogP contribution in [0.25, 0.3) is 0 Å². The SMILES string of the molecule is CCN(CC(=O)N(C)c1ccccc1)CC(C)(C)O. The van der Waals surface area contributed by atoms with E-state index in [1.807, 2.05) is 42.2 Å². The van der Waals surface area contributed by atoms with E-state index in [-0.39, 0.29) is 5.91 Å². The first-order chi connectivity index (χ1) is 8.83. The Bertz CT molecular complexity index is 398. The molecule has 0 radical (unpaired) electrons. The predicted octanol–water partition coefficient (Wildman–Crippen LogP) is 1.74. The van der Waals surface area contributed by atoms with Crippen LogP contribution in [-0.2, 0) is 4.79 Å². The first-order valence-electron chi connectivity index (χ1n) is 6.60. The number of rotatable bonds is 6. The van der Waals surface area contributed by atoms with Crippen molar-refractivity contribution in [3.8, 4) is 0 Å². The van der Waals surface area contributed by atoms with Gasteiger partial charge in [0.25, 0.3) is 0 Å². The van der Waals surface area contributed by atoms with E-state index in [1.165, 1.54) is 0 Å². The quantitative estimate of drug-likeness (QED) is 0.851. The minimum atomic E-state index is -0.790. The van der Waals surface area contributed by atoms with Crippen LogP contribution in [-0.4, -0.2) is 48.2 Å².